The maximum Gasteiger partial charge on any atom is 0.256 e. The summed E-state index contributed by atoms with van der Waals surface area (Å²) < 4.78 is 0. The van der Waals surface area contributed by atoms with Gasteiger partial charge in [-0.3, -0.25) is 14.5 Å². The summed E-state index contributed by atoms with van der Waals surface area (Å²) in [6, 6.07) is 9.28. The zero-order valence-corrected chi connectivity index (χ0v) is 16.4. The molecule has 0 unspecified atom stereocenters. The summed E-state index contributed by atoms with van der Waals surface area (Å²) in [7, 11) is 0. The summed E-state index contributed by atoms with van der Waals surface area (Å²) in [4.78, 5) is 27.3. The van der Waals surface area contributed by atoms with Crippen molar-refractivity contribution in [3.8, 4) is 0 Å². The molecular weight excluding hydrogens is 360 g/mol. The number of anilines is 1. The first-order chi connectivity index (χ1) is 13.2. The Morgan fingerprint density at radius 1 is 1.11 bits per heavy atom. The lowest BCUT2D eigenvalue weighted by Gasteiger charge is -2.27. The van der Waals surface area contributed by atoms with E-state index in [1.165, 1.54) is 16.9 Å². The van der Waals surface area contributed by atoms with Gasteiger partial charge in [-0.1, -0.05) is 19.1 Å². The van der Waals surface area contributed by atoms with Crippen LogP contribution < -0.4 is 16.0 Å². The number of hydrogen-bond donors (Lipinski definition) is 3. The molecule has 144 valence electrons. The van der Waals surface area contributed by atoms with Gasteiger partial charge in [-0.25, -0.2) is 0 Å². The lowest BCUT2D eigenvalue weighted by atomic mass is 10.1. The second-order valence-corrected chi connectivity index (χ2v) is 7.43. The molecule has 1 aliphatic rings. The Bertz CT molecular complexity index is 767. The summed E-state index contributed by atoms with van der Waals surface area (Å²) in [6.07, 6.45) is 0.936. The first-order valence-corrected chi connectivity index (χ1v) is 10.2. The Labute approximate surface area is 164 Å². The number of aryl methyl sites for hydroxylation is 1. The van der Waals surface area contributed by atoms with Gasteiger partial charge in [0.05, 0.1) is 5.56 Å². The van der Waals surface area contributed by atoms with E-state index in [1.807, 2.05) is 29.6 Å². The first kappa shape index (κ1) is 19.5. The van der Waals surface area contributed by atoms with Gasteiger partial charge in [-0.15, -0.1) is 11.3 Å². The summed E-state index contributed by atoms with van der Waals surface area (Å²) >= 11 is 1.36. The predicted octanol–water partition coefficient (Wildman–Crippen LogP) is 2.20. The number of hydrogen-bond acceptors (Lipinski definition) is 5. The van der Waals surface area contributed by atoms with Gasteiger partial charge < -0.3 is 16.0 Å². The van der Waals surface area contributed by atoms with Crippen LogP contribution in [0.4, 0.5) is 5.00 Å². The molecular formula is C20H26N4O2S. The highest BCUT2D eigenvalue weighted by Crippen LogP contribution is 2.24. The van der Waals surface area contributed by atoms with Gasteiger partial charge in [0.15, 0.2) is 0 Å². The molecule has 2 heterocycles. The Morgan fingerprint density at radius 2 is 1.85 bits per heavy atom. The van der Waals surface area contributed by atoms with Gasteiger partial charge in [0, 0.05) is 44.8 Å². The number of benzene rings is 1. The minimum Gasteiger partial charge on any atom is -0.351 e. The molecule has 0 bridgehead atoms. The molecule has 6 nitrogen and oxygen atoms in total. The minimum absolute atomic E-state index is 0.150. The molecule has 3 rings (SSSR count). The fourth-order valence-electron chi connectivity index (χ4n) is 3.01. The van der Waals surface area contributed by atoms with E-state index in [2.05, 4.69) is 27.8 Å². The fourth-order valence-corrected chi connectivity index (χ4v) is 3.79. The zero-order valence-electron chi connectivity index (χ0n) is 15.6. The topological polar surface area (TPSA) is 73.5 Å². The number of nitrogens with zero attached hydrogens (tertiary/aromatic N) is 1. The van der Waals surface area contributed by atoms with Gasteiger partial charge in [-0.05, 0) is 35.6 Å². The molecule has 3 N–H and O–H groups in total. The Morgan fingerprint density at radius 3 is 2.56 bits per heavy atom. The van der Waals surface area contributed by atoms with Gasteiger partial charge in [0.1, 0.15) is 5.00 Å². The predicted molar refractivity (Wildman–Crippen MR) is 110 cm³/mol. The van der Waals surface area contributed by atoms with E-state index in [-0.39, 0.29) is 11.8 Å². The van der Waals surface area contributed by atoms with Crippen molar-refractivity contribution >= 4 is 28.2 Å². The average molecular weight is 387 g/mol. The number of rotatable bonds is 7. The van der Waals surface area contributed by atoms with Gasteiger partial charge in [-0.2, -0.15) is 0 Å². The minimum atomic E-state index is -0.199. The third-order valence-corrected chi connectivity index (χ3v) is 5.51. The average Bonchev–Trinajstić information content (AvgIpc) is 3.17. The van der Waals surface area contributed by atoms with Crippen LogP contribution in [0.25, 0.3) is 0 Å². The highest BCUT2D eigenvalue weighted by atomic mass is 32.1. The molecule has 1 aromatic heterocycles. The molecule has 2 aromatic rings. The van der Waals surface area contributed by atoms with Crippen molar-refractivity contribution in [2.45, 2.75) is 13.3 Å². The molecule has 0 saturated carbocycles. The zero-order chi connectivity index (χ0) is 19.1. The maximum atomic E-state index is 12.5. The standard InChI is InChI=1S/C20H26N4O2S/c1-2-15-3-5-16(6-4-15)18(25)23-20-17(7-14-27-20)19(26)22-10-13-24-11-8-21-9-12-24/h3-7,14,21H,2,8-13H2,1H3,(H,22,26)(H,23,25). The second-order valence-electron chi connectivity index (χ2n) is 6.52. The summed E-state index contributed by atoms with van der Waals surface area (Å²) in [5, 5.41) is 11.5. The number of piperazine rings is 1. The van der Waals surface area contributed by atoms with E-state index in [9.17, 15) is 9.59 Å². The van der Waals surface area contributed by atoms with Crippen LogP contribution in [-0.4, -0.2) is 56.0 Å². The van der Waals surface area contributed by atoms with Crippen molar-refractivity contribution in [1.82, 2.24) is 15.5 Å². The molecule has 1 aliphatic heterocycles. The van der Waals surface area contributed by atoms with Gasteiger partial charge >= 0.3 is 0 Å². The normalized spacial score (nSPS) is 14.7. The van der Waals surface area contributed by atoms with E-state index in [0.29, 0.717) is 22.7 Å². The third-order valence-electron chi connectivity index (χ3n) is 4.68. The molecule has 7 heteroatoms. The highest BCUT2D eigenvalue weighted by Gasteiger charge is 2.16. The van der Waals surface area contributed by atoms with Crippen LogP contribution in [0.1, 0.15) is 33.2 Å². The van der Waals surface area contributed by atoms with E-state index in [1.54, 1.807) is 6.07 Å². The van der Waals surface area contributed by atoms with Gasteiger partial charge in [0.25, 0.3) is 11.8 Å². The molecule has 0 spiro atoms. The van der Waals surface area contributed by atoms with Gasteiger partial charge in [0.2, 0.25) is 0 Å². The molecule has 1 fully saturated rings. The Balaban J connectivity index is 1.54. The maximum absolute atomic E-state index is 12.5. The molecule has 1 saturated heterocycles. The van der Waals surface area contributed by atoms with Crippen LogP contribution in [0.2, 0.25) is 0 Å². The molecule has 27 heavy (non-hydrogen) atoms. The molecule has 0 radical (unpaired) electrons. The van der Waals surface area contributed by atoms with Crippen LogP contribution in [0.15, 0.2) is 35.7 Å². The van der Waals surface area contributed by atoms with Crippen LogP contribution in [0.5, 0.6) is 0 Å². The van der Waals surface area contributed by atoms with E-state index in [0.717, 1.165) is 39.1 Å². The Hall–Kier alpha value is -2.22. The van der Waals surface area contributed by atoms with Crippen molar-refractivity contribution in [3.63, 3.8) is 0 Å². The Kier molecular flexibility index (Phi) is 6.98. The SMILES string of the molecule is CCc1ccc(C(=O)Nc2sccc2C(=O)NCCN2CCNCC2)cc1. The third kappa shape index (κ3) is 5.38. The summed E-state index contributed by atoms with van der Waals surface area (Å²) in [5.74, 6) is -0.349. The van der Waals surface area contributed by atoms with Crippen molar-refractivity contribution in [2.24, 2.45) is 0 Å². The molecule has 0 aliphatic carbocycles. The number of amides is 2. The first-order valence-electron chi connectivity index (χ1n) is 9.36. The quantitative estimate of drug-likeness (QED) is 0.682. The summed E-state index contributed by atoms with van der Waals surface area (Å²) in [6.45, 7) is 7.51. The number of carbonyl (C=O) groups is 2. The van der Waals surface area contributed by atoms with Crippen molar-refractivity contribution in [1.29, 1.82) is 0 Å². The van der Waals surface area contributed by atoms with Crippen LogP contribution in [0.3, 0.4) is 0 Å². The number of nitrogens with one attached hydrogen (secondary N) is 3. The van der Waals surface area contributed by atoms with Crippen LogP contribution in [-0.2, 0) is 6.42 Å². The van der Waals surface area contributed by atoms with Crippen molar-refractivity contribution in [2.75, 3.05) is 44.6 Å². The smallest absolute Gasteiger partial charge is 0.256 e. The van der Waals surface area contributed by atoms with E-state index >= 15 is 0 Å². The highest BCUT2D eigenvalue weighted by molar-refractivity contribution is 7.14. The van der Waals surface area contributed by atoms with Crippen molar-refractivity contribution < 1.29 is 9.59 Å². The molecule has 0 atom stereocenters. The summed E-state index contributed by atoms with van der Waals surface area (Å²) in [5.41, 5.74) is 2.29. The molecule has 2 amide bonds. The largest absolute Gasteiger partial charge is 0.351 e. The number of carbonyl (C=O) groups excluding carboxylic acids is 2. The van der Waals surface area contributed by atoms with Crippen LogP contribution in [0, 0.1) is 0 Å². The van der Waals surface area contributed by atoms with E-state index < -0.39 is 0 Å². The monoisotopic (exact) mass is 386 g/mol. The lowest BCUT2D eigenvalue weighted by molar-refractivity contribution is 0.0948. The van der Waals surface area contributed by atoms with Crippen LogP contribution >= 0.6 is 11.3 Å². The lowest BCUT2D eigenvalue weighted by Crippen LogP contribution is -2.46. The van der Waals surface area contributed by atoms with Crippen molar-refractivity contribution in [3.05, 3.63) is 52.4 Å². The number of thiophene rings is 1. The second kappa shape index (κ2) is 9.64. The fraction of sp³-hybridized carbons (Fsp3) is 0.400. The molecule has 1 aromatic carbocycles. The van der Waals surface area contributed by atoms with E-state index in [4.69, 9.17) is 0 Å².